The lowest BCUT2D eigenvalue weighted by atomic mass is 10.1. The lowest BCUT2D eigenvalue weighted by Crippen LogP contribution is -2.20. The Bertz CT molecular complexity index is 1490. The molecule has 2 aromatic heterocycles. The van der Waals surface area contributed by atoms with E-state index in [-0.39, 0.29) is 29.6 Å². The molecule has 4 aromatic rings. The van der Waals surface area contributed by atoms with Gasteiger partial charge in [0.25, 0.3) is 0 Å². The molecule has 0 saturated heterocycles. The number of urea groups is 1. The highest BCUT2D eigenvalue weighted by molar-refractivity contribution is 6.31. The number of hydrogen-bond acceptors (Lipinski definition) is 7. The van der Waals surface area contributed by atoms with Crippen molar-refractivity contribution < 1.29 is 27.9 Å². The molecule has 2 amide bonds. The number of anilines is 3. The van der Waals surface area contributed by atoms with Gasteiger partial charge >= 0.3 is 12.2 Å². The Hall–Kier alpha value is -4.49. The first kappa shape index (κ1) is 27.5. The molecule has 0 fully saturated rings. The summed E-state index contributed by atoms with van der Waals surface area (Å²) in [6.45, 7) is 1.86. The third kappa shape index (κ3) is 6.89. The summed E-state index contributed by atoms with van der Waals surface area (Å²) in [5.41, 5.74) is -0.612. The SMILES string of the molecule is C[C@H](O)CNc1nccc(-n2ccnc2C(=O)c2ccc(NC(=O)Nc3ccc(Cl)c(C(F)(F)F)c3)cc2)n1. The minimum atomic E-state index is -4.67. The summed E-state index contributed by atoms with van der Waals surface area (Å²) in [5.74, 6) is 0.304. The number of alkyl halides is 3. The van der Waals surface area contributed by atoms with Crippen molar-refractivity contribution in [1.82, 2.24) is 19.5 Å². The van der Waals surface area contributed by atoms with Crippen LogP contribution in [0.1, 0.15) is 28.7 Å². The second-order valence-corrected chi connectivity index (χ2v) is 8.67. The molecule has 0 radical (unpaired) electrons. The third-order valence-corrected chi connectivity index (χ3v) is 5.55. The first-order chi connectivity index (χ1) is 18.5. The van der Waals surface area contributed by atoms with Crippen LogP contribution in [0.25, 0.3) is 5.82 Å². The van der Waals surface area contributed by atoms with Crippen LogP contribution in [0.5, 0.6) is 0 Å². The molecule has 0 unspecified atom stereocenters. The van der Waals surface area contributed by atoms with E-state index in [4.69, 9.17) is 11.6 Å². The molecule has 2 aromatic carbocycles. The zero-order valence-corrected chi connectivity index (χ0v) is 21.0. The third-order valence-electron chi connectivity index (χ3n) is 5.22. The summed E-state index contributed by atoms with van der Waals surface area (Å²) in [6, 6.07) is 9.68. The molecule has 0 aliphatic carbocycles. The molecule has 2 heterocycles. The van der Waals surface area contributed by atoms with Crippen LogP contribution >= 0.6 is 11.6 Å². The van der Waals surface area contributed by atoms with Gasteiger partial charge in [0, 0.05) is 42.1 Å². The summed E-state index contributed by atoms with van der Waals surface area (Å²) in [6.07, 6.45) is -0.770. The number of ketones is 1. The lowest BCUT2D eigenvalue weighted by molar-refractivity contribution is -0.137. The van der Waals surface area contributed by atoms with Crippen LogP contribution in [0.3, 0.4) is 0 Å². The monoisotopic (exact) mass is 559 g/mol. The highest BCUT2D eigenvalue weighted by atomic mass is 35.5. The molecule has 39 heavy (non-hydrogen) atoms. The number of imidazole rings is 1. The van der Waals surface area contributed by atoms with Crippen molar-refractivity contribution in [3.05, 3.63) is 89.1 Å². The van der Waals surface area contributed by atoms with Gasteiger partial charge in [-0.2, -0.15) is 18.2 Å². The number of nitrogens with one attached hydrogen (secondary N) is 3. The number of halogens is 4. The van der Waals surface area contributed by atoms with Crippen molar-refractivity contribution in [2.24, 2.45) is 0 Å². The van der Waals surface area contributed by atoms with Gasteiger partial charge in [-0.1, -0.05) is 11.6 Å². The fraction of sp³-hybridized carbons (Fsp3) is 0.160. The maximum Gasteiger partial charge on any atom is 0.417 e. The van der Waals surface area contributed by atoms with E-state index in [1.54, 1.807) is 19.2 Å². The van der Waals surface area contributed by atoms with E-state index < -0.39 is 34.7 Å². The molecule has 4 N–H and O–H groups in total. The summed E-state index contributed by atoms with van der Waals surface area (Å²) in [4.78, 5) is 38.0. The predicted molar refractivity (Wildman–Crippen MR) is 138 cm³/mol. The number of aliphatic hydroxyl groups excluding tert-OH is 1. The van der Waals surface area contributed by atoms with E-state index in [0.29, 0.717) is 11.5 Å². The predicted octanol–water partition coefficient (Wildman–Crippen LogP) is 5.00. The van der Waals surface area contributed by atoms with Crippen LogP contribution in [-0.2, 0) is 6.18 Å². The highest BCUT2D eigenvalue weighted by Gasteiger charge is 2.33. The van der Waals surface area contributed by atoms with E-state index in [1.807, 2.05) is 0 Å². The molecule has 0 bridgehead atoms. The topological polar surface area (TPSA) is 134 Å². The quantitative estimate of drug-likeness (QED) is 0.223. The Morgan fingerprint density at radius 1 is 1.03 bits per heavy atom. The first-order valence-electron chi connectivity index (χ1n) is 11.4. The fourth-order valence-corrected chi connectivity index (χ4v) is 3.64. The number of hydrogen-bond donors (Lipinski definition) is 4. The second kappa shape index (κ2) is 11.5. The van der Waals surface area contributed by atoms with Crippen LogP contribution < -0.4 is 16.0 Å². The summed E-state index contributed by atoms with van der Waals surface area (Å²) in [5, 5.41) is 16.7. The van der Waals surface area contributed by atoms with E-state index in [1.165, 1.54) is 47.3 Å². The molecular formula is C25H21ClF3N7O3. The fourth-order valence-electron chi connectivity index (χ4n) is 3.41. The van der Waals surface area contributed by atoms with E-state index >= 15 is 0 Å². The molecule has 0 aliphatic heterocycles. The maximum atomic E-state index is 13.1. The summed E-state index contributed by atoms with van der Waals surface area (Å²) < 4.78 is 40.6. The Morgan fingerprint density at radius 3 is 2.41 bits per heavy atom. The average Bonchev–Trinajstić information content (AvgIpc) is 3.38. The number of aromatic nitrogens is 4. The van der Waals surface area contributed by atoms with E-state index in [9.17, 15) is 27.9 Å². The van der Waals surface area contributed by atoms with E-state index in [2.05, 4.69) is 30.9 Å². The van der Waals surface area contributed by atoms with Crippen LogP contribution in [0.2, 0.25) is 5.02 Å². The lowest BCUT2D eigenvalue weighted by Gasteiger charge is -2.12. The maximum absolute atomic E-state index is 13.1. The van der Waals surface area contributed by atoms with Crippen molar-refractivity contribution in [3.63, 3.8) is 0 Å². The average molecular weight is 560 g/mol. The minimum absolute atomic E-state index is 0.0804. The Morgan fingerprint density at radius 2 is 1.72 bits per heavy atom. The largest absolute Gasteiger partial charge is 0.417 e. The van der Waals surface area contributed by atoms with Gasteiger partial charge in [-0.05, 0) is 55.5 Å². The van der Waals surface area contributed by atoms with E-state index in [0.717, 1.165) is 12.1 Å². The summed E-state index contributed by atoms with van der Waals surface area (Å²) in [7, 11) is 0. The number of benzene rings is 2. The zero-order valence-electron chi connectivity index (χ0n) is 20.2. The van der Waals surface area contributed by atoms with Gasteiger partial charge in [0.1, 0.15) is 5.82 Å². The van der Waals surface area contributed by atoms with Crippen molar-refractivity contribution in [1.29, 1.82) is 0 Å². The summed E-state index contributed by atoms with van der Waals surface area (Å²) >= 11 is 5.60. The van der Waals surface area contributed by atoms with Crippen LogP contribution in [0, 0.1) is 0 Å². The van der Waals surface area contributed by atoms with Crippen LogP contribution in [-0.4, -0.2) is 49.1 Å². The number of rotatable bonds is 8. The molecule has 4 rings (SSSR count). The van der Waals surface area contributed by atoms with Crippen molar-refractivity contribution in [3.8, 4) is 5.82 Å². The van der Waals surface area contributed by atoms with Crippen molar-refractivity contribution in [2.75, 3.05) is 22.5 Å². The van der Waals surface area contributed by atoms with Crippen molar-refractivity contribution in [2.45, 2.75) is 19.2 Å². The Balaban J connectivity index is 1.44. The van der Waals surface area contributed by atoms with Gasteiger partial charge in [0.2, 0.25) is 11.7 Å². The number of carbonyl (C=O) groups is 2. The molecule has 202 valence electrons. The van der Waals surface area contributed by atoms with Gasteiger partial charge < -0.3 is 21.1 Å². The molecule has 0 spiro atoms. The first-order valence-corrected chi connectivity index (χ1v) is 11.8. The van der Waals surface area contributed by atoms with Gasteiger partial charge in [-0.15, -0.1) is 0 Å². The van der Waals surface area contributed by atoms with Crippen molar-refractivity contribution >= 4 is 40.7 Å². The highest BCUT2D eigenvalue weighted by Crippen LogP contribution is 2.36. The second-order valence-electron chi connectivity index (χ2n) is 8.27. The Labute approximate surface area is 224 Å². The molecule has 0 saturated carbocycles. The number of carbonyl (C=O) groups excluding carboxylic acids is 2. The van der Waals surface area contributed by atoms with Crippen LogP contribution in [0.4, 0.5) is 35.3 Å². The molecule has 1 atom stereocenters. The number of aliphatic hydroxyl groups is 1. The van der Waals surface area contributed by atoms with Gasteiger partial charge in [0.15, 0.2) is 5.82 Å². The smallest absolute Gasteiger partial charge is 0.392 e. The molecule has 0 aliphatic rings. The zero-order chi connectivity index (χ0) is 28.2. The van der Waals surface area contributed by atoms with Crippen LogP contribution in [0.15, 0.2) is 67.1 Å². The number of nitrogens with zero attached hydrogens (tertiary/aromatic N) is 4. The molecule has 10 nitrogen and oxygen atoms in total. The molecule has 14 heteroatoms. The van der Waals surface area contributed by atoms with Gasteiger partial charge in [0.05, 0.1) is 16.7 Å². The normalized spacial score (nSPS) is 12.1. The van der Waals surface area contributed by atoms with Gasteiger partial charge in [-0.25, -0.2) is 14.8 Å². The van der Waals surface area contributed by atoms with Gasteiger partial charge in [-0.3, -0.25) is 9.36 Å². The Kier molecular flexibility index (Phi) is 8.12. The number of amides is 2. The minimum Gasteiger partial charge on any atom is -0.392 e. The standard InChI is InChI=1S/C25H21ClF3N7O3/c1-14(37)13-32-23-31-9-8-20(35-23)36-11-10-30-22(36)21(38)15-2-4-16(5-3-15)33-24(39)34-17-6-7-19(26)18(12-17)25(27,28)29/h2-12,14,37H,13H2,1H3,(H,31,32,35)(H2,33,34,39)/t14-/m0/s1. The molecular weight excluding hydrogens is 539 g/mol.